The summed E-state index contributed by atoms with van der Waals surface area (Å²) < 4.78 is 63.0. The normalized spacial score (nSPS) is 11.7. The lowest BCUT2D eigenvalue weighted by Crippen LogP contribution is -2.16. The van der Waals surface area contributed by atoms with Crippen LogP contribution in [0.15, 0.2) is 94.2 Å². The van der Waals surface area contributed by atoms with Crippen molar-refractivity contribution in [1.82, 2.24) is 0 Å². The van der Waals surface area contributed by atoms with Crippen molar-refractivity contribution in [3.05, 3.63) is 106 Å². The number of fused-ring (bicyclic) bond motifs is 2. The van der Waals surface area contributed by atoms with Crippen molar-refractivity contribution in [2.24, 2.45) is 0 Å². The summed E-state index contributed by atoms with van der Waals surface area (Å²) >= 11 is 0. The van der Waals surface area contributed by atoms with Gasteiger partial charge in [0.2, 0.25) is 11.2 Å². The van der Waals surface area contributed by atoms with Crippen LogP contribution in [-0.2, 0) is 11.0 Å². The third kappa shape index (κ3) is 5.13. The summed E-state index contributed by atoms with van der Waals surface area (Å²) in [7, 11) is 2.71. The number of hydrogen-bond acceptors (Lipinski definition) is 6. The van der Waals surface area contributed by atoms with Crippen LogP contribution >= 0.6 is 0 Å². The molecule has 5 rings (SSSR count). The second-order valence-corrected chi connectivity index (χ2v) is 8.68. The first-order valence-electron chi connectivity index (χ1n) is 12.0. The van der Waals surface area contributed by atoms with Gasteiger partial charge in [0.1, 0.15) is 11.3 Å². The van der Waals surface area contributed by atoms with E-state index in [0.717, 1.165) is 22.4 Å². The second-order valence-electron chi connectivity index (χ2n) is 8.68. The van der Waals surface area contributed by atoms with E-state index in [0.29, 0.717) is 0 Å². The molecule has 0 N–H and O–H groups in total. The van der Waals surface area contributed by atoms with Gasteiger partial charge in [-0.2, -0.15) is 13.2 Å². The van der Waals surface area contributed by atoms with Crippen LogP contribution in [0.3, 0.4) is 0 Å². The molecule has 1 aromatic heterocycles. The van der Waals surface area contributed by atoms with E-state index in [1.807, 2.05) is 42.5 Å². The maximum atomic E-state index is 14.1. The number of halogens is 3. The predicted octanol–water partition coefficient (Wildman–Crippen LogP) is 7.27. The number of carbonyl (C=O) groups excluding carboxylic acids is 1. The number of benzene rings is 4. The summed E-state index contributed by atoms with van der Waals surface area (Å²) in [6, 6.07) is 20.9. The Morgan fingerprint density at radius 3 is 2.35 bits per heavy atom. The summed E-state index contributed by atoms with van der Waals surface area (Å²) in [6.45, 7) is 0. The lowest BCUT2D eigenvalue weighted by molar-refractivity contribution is -0.152. The second kappa shape index (κ2) is 10.6. The van der Waals surface area contributed by atoms with Gasteiger partial charge in [-0.3, -0.25) is 4.79 Å². The SMILES string of the molecule is COc1ccc(-c2c(C(F)(F)F)oc3cc(OC(=O)/C=C/c4cccc5ccccc45)ccc3c2=O)cc1OC. The Morgan fingerprint density at radius 1 is 0.850 bits per heavy atom. The van der Waals surface area contributed by atoms with E-state index in [9.17, 15) is 22.8 Å². The fourth-order valence-corrected chi connectivity index (χ4v) is 4.39. The Bertz CT molecular complexity index is 1830. The summed E-state index contributed by atoms with van der Waals surface area (Å²) in [5.41, 5.74) is -1.24. The molecule has 0 aliphatic heterocycles. The molecular formula is C31H21F3O6. The van der Waals surface area contributed by atoms with Crippen molar-refractivity contribution >= 4 is 33.8 Å². The molecule has 0 saturated carbocycles. The van der Waals surface area contributed by atoms with Gasteiger partial charge in [0.15, 0.2) is 11.5 Å². The summed E-state index contributed by atoms with van der Waals surface area (Å²) in [4.78, 5) is 25.8. The van der Waals surface area contributed by atoms with Crippen LogP contribution in [0.1, 0.15) is 11.3 Å². The predicted molar refractivity (Wildman–Crippen MR) is 145 cm³/mol. The van der Waals surface area contributed by atoms with Crippen molar-refractivity contribution in [3.63, 3.8) is 0 Å². The van der Waals surface area contributed by atoms with Crippen LogP contribution in [-0.4, -0.2) is 20.2 Å². The highest BCUT2D eigenvalue weighted by Crippen LogP contribution is 2.40. The average molecular weight is 546 g/mol. The van der Waals surface area contributed by atoms with E-state index in [1.165, 1.54) is 50.6 Å². The number of methoxy groups -OCH3 is 2. The molecule has 40 heavy (non-hydrogen) atoms. The van der Waals surface area contributed by atoms with Gasteiger partial charge in [-0.1, -0.05) is 48.5 Å². The van der Waals surface area contributed by atoms with Crippen LogP contribution < -0.4 is 19.6 Å². The molecule has 5 aromatic rings. The molecule has 0 bridgehead atoms. The lowest BCUT2D eigenvalue weighted by Gasteiger charge is -2.14. The first-order valence-corrected chi connectivity index (χ1v) is 12.0. The Morgan fingerprint density at radius 2 is 1.60 bits per heavy atom. The Balaban J connectivity index is 1.50. The van der Waals surface area contributed by atoms with Crippen molar-refractivity contribution in [2.75, 3.05) is 14.2 Å². The van der Waals surface area contributed by atoms with Crippen LogP contribution in [0.4, 0.5) is 13.2 Å². The number of carbonyl (C=O) groups is 1. The van der Waals surface area contributed by atoms with Crippen molar-refractivity contribution < 1.29 is 36.6 Å². The van der Waals surface area contributed by atoms with Crippen LogP contribution in [0, 0.1) is 0 Å². The van der Waals surface area contributed by atoms with Gasteiger partial charge in [-0.25, -0.2) is 4.79 Å². The van der Waals surface area contributed by atoms with Crippen LogP contribution in [0.5, 0.6) is 17.2 Å². The van der Waals surface area contributed by atoms with Gasteiger partial charge in [0, 0.05) is 12.1 Å². The molecule has 0 radical (unpaired) electrons. The summed E-state index contributed by atoms with van der Waals surface area (Å²) in [5.74, 6) is -1.91. The molecule has 0 aliphatic rings. The zero-order valence-electron chi connectivity index (χ0n) is 21.2. The number of esters is 1. The zero-order chi connectivity index (χ0) is 28.4. The number of rotatable bonds is 6. The standard InChI is InChI=1S/C31H21F3O6/c1-37-24-14-10-20(16-26(24)38-2)28-29(36)23-13-12-21(17-25(23)40-30(28)31(32,33)34)39-27(35)15-11-19-8-5-7-18-6-3-4-9-22(18)19/h3-17H,1-2H3/b15-11+. The third-order valence-electron chi connectivity index (χ3n) is 6.23. The van der Waals surface area contributed by atoms with Gasteiger partial charge >= 0.3 is 12.1 Å². The minimum atomic E-state index is -5.00. The molecule has 0 atom stereocenters. The van der Waals surface area contributed by atoms with E-state index in [4.69, 9.17) is 18.6 Å². The lowest BCUT2D eigenvalue weighted by atomic mass is 10.0. The minimum absolute atomic E-state index is 0.0605. The van der Waals surface area contributed by atoms with E-state index in [1.54, 1.807) is 6.08 Å². The average Bonchev–Trinajstić information content (AvgIpc) is 2.95. The maximum Gasteiger partial charge on any atom is 0.450 e. The molecule has 202 valence electrons. The topological polar surface area (TPSA) is 75.0 Å². The smallest absolute Gasteiger partial charge is 0.450 e. The Labute approximate surface area is 225 Å². The highest BCUT2D eigenvalue weighted by molar-refractivity contribution is 5.95. The highest BCUT2D eigenvalue weighted by Gasteiger charge is 2.39. The fourth-order valence-electron chi connectivity index (χ4n) is 4.39. The minimum Gasteiger partial charge on any atom is -0.493 e. The van der Waals surface area contributed by atoms with Gasteiger partial charge in [-0.05, 0) is 52.2 Å². The van der Waals surface area contributed by atoms with Crippen molar-refractivity contribution in [2.45, 2.75) is 6.18 Å². The van der Waals surface area contributed by atoms with Gasteiger partial charge < -0.3 is 18.6 Å². The molecule has 0 saturated heterocycles. The van der Waals surface area contributed by atoms with Gasteiger partial charge in [0.05, 0.1) is 25.2 Å². The molecule has 0 fully saturated rings. The molecule has 6 nitrogen and oxygen atoms in total. The first kappa shape index (κ1) is 26.6. The van der Waals surface area contributed by atoms with Crippen LogP contribution in [0.25, 0.3) is 38.9 Å². The summed E-state index contributed by atoms with van der Waals surface area (Å²) in [5, 5.41) is 1.81. The van der Waals surface area contributed by atoms with E-state index >= 15 is 0 Å². The molecule has 0 aliphatic carbocycles. The van der Waals surface area contributed by atoms with Gasteiger partial charge in [-0.15, -0.1) is 0 Å². The van der Waals surface area contributed by atoms with E-state index < -0.39 is 28.9 Å². The number of hydrogen-bond donors (Lipinski definition) is 0. The Kier molecular flexibility index (Phi) is 7.04. The van der Waals surface area contributed by atoms with Gasteiger partial charge in [0.25, 0.3) is 0 Å². The molecule has 0 spiro atoms. The van der Waals surface area contributed by atoms with Crippen molar-refractivity contribution in [1.29, 1.82) is 0 Å². The highest BCUT2D eigenvalue weighted by atomic mass is 19.4. The fraction of sp³-hybridized carbons (Fsp3) is 0.0968. The van der Waals surface area contributed by atoms with E-state index in [2.05, 4.69) is 0 Å². The largest absolute Gasteiger partial charge is 0.493 e. The molecule has 0 amide bonds. The third-order valence-corrected chi connectivity index (χ3v) is 6.23. The Hall–Kier alpha value is -5.05. The van der Waals surface area contributed by atoms with Crippen molar-refractivity contribution in [3.8, 4) is 28.4 Å². The zero-order valence-corrected chi connectivity index (χ0v) is 21.2. The first-order chi connectivity index (χ1) is 19.2. The quantitative estimate of drug-likeness (QED) is 0.127. The molecular weight excluding hydrogens is 525 g/mol. The molecule has 1 heterocycles. The monoisotopic (exact) mass is 546 g/mol. The number of ether oxygens (including phenoxy) is 3. The molecule has 0 unspecified atom stereocenters. The summed E-state index contributed by atoms with van der Waals surface area (Å²) in [6.07, 6.45) is -2.20. The molecule has 9 heteroatoms. The van der Waals surface area contributed by atoms with E-state index in [-0.39, 0.29) is 33.8 Å². The van der Waals surface area contributed by atoms with Crippen LogP contribution in [0.2, 0.25) is 0 Å². The maximum absolute atomic E-state index is 14.1. The molecule has 4 aromatic carbocycles. The number of alkyl halides is 3.